The molecule has 0 bridgehead atoms. The number of ether oxygens (including phenoxy) is 1. The fourth-order valence-electron chi connectivity index (χ4n) is 2.24. The zero-order valence-electron chi connectivity index (χ0n) is 12.0. The quantitative estimate of drug-likeness (QED) is 0.733. The van der Waals surface area contributed by atoms with Crippen LogP contribution in [0.5, 0.6) is 5.75 Å². The van der Waals surface area contributed by atoms with E-state index in [0.717, 1.165) is 37.8 Å². The lowest BCUT2D eigenvalue weighted by Gasteiger charge is -2.11. The summed E-state index contributed by atoms with van der Waals surface area (Å²) in [4.78, 5) is 6.77. The van der Waals surface area contributed by atoms with Crippen molar-refractivity contribution >= 4 is 28.4 Å². The van der Waals surface area contributed by atoms with Crippen molar-refractivity contribution in [3.05, 3.63) is 54.2 Å². The lowest BCUT2D eigenvalue weighted by atomic mass is 10.2. The minimum Gasteiger partial charge on any atom is -0.496 e. The minimum atomic E-state index is 0.745. The van der Waals surface area contributed by atoms with E-state index in [4.69, 9.17) is 10.5 Å². The van der Waals surface area contributed by atoms with Crippen LogP contribution in [0.4, 0.5) is 5.69 Å². The number of hydrogen-bond donors (Lipinski definition) is 1. The van der Waals surface area contributed by atoms with Crippen LogP contribution >= 0.6 is 11.8 Å². The molecule has 0 fully saturated rings. The lowest BCUT2D eigenvalue weighted by molar-refractivity contribution is 0.405. The average molecular weight is 296 g/mol. The largest absolute Gasteiger partial charge is 0.496 e. The molecular weight excluding hydrogens is 280 g/mol. The molecule has 0 radical (unpaired) electrons. The number of methoxy groups -OCH3 is 1. The van der Waals surface area contributed by atoms with Crippen molar-refractivity contribution in [2.75, 3.05) is 12.8 Å². The number of nitrogens with two attached hydrogens (primary N) is 1. The van der Waals surface area contributed by atoms with Gasteiger partial charge in [0.25, 0.3) is 0 Å². The van der Waals surface area contributed by atoms with E-state index < -0.39 is 0 Å². The summed E-state index contributed by atoms with van der Waals surface area (Å²) in [6, 6.07) is 15.9. The van der Waals surface area contributed by atoms with Crippen LogP contribution in [0.1, 0.15) is 5.69 Å². The molecule has 2 N–H and O–H groups in total. The first-order chi connectivity index (χ1) is 10.2. The number of nitrogen functional groups attached to an aromatic ring is 1. The minimum absolute atomic E-state index is 0.745. The number of aryl methyl sites for hydroxylation is 1. The van der Waals surface area contributed by atoms with Crippen LogP contribution in [0.15, 0.2) is 58.3 Å². The summed E-state index contributed by atoms with van der Waals surface area (Å²) in [5.74, 6) is 0.869. The Bertz CT molecular complexity index is 802. The molecule has 2 aromatic carbocycles. The molecule has 1 heterocycles. The summed E-state index contributed by atoms with van der Waals surface area (Å²) in [5.41, 5.74) is 8.61. The number of hydrogen-bond acceptors (Lipinski definition) is 4. The molecular formula is C17H16N2OS. The Morgan fingerprint density at radius 3 is 2.67 bits per heavy atom. The zero-order chi connectivity index (χ0) is 14.8. The standard InChI is InChI=1S/C17H16N2OS/c1-11-9-17(13-10-12(18)7-8-14(13)19-11)21-16-6-4-3-5-15(16)20-2/h3-10H,18H2,1-2H3. The molecule has 4 heteroatoms. The van der Waals surface area contributed by atoms with E-state index in [9.17, 15) is 0 Å². The van der Waals surface area contributed by atoms with Gasteiger partial charge in [0.15, 0.2) is 0 Å². The normalized spacial score (nSPS) is 10.8. The van der Waals surface area contributed by atoms with Crippen LogP contribution in [0.3, 0.4) is 0 Å². The van der Waals surface area contributed by atoms with Crippen LogP contribution < -0.4 is 10.5 Å². The summed E-state index contributed by atoms with van der Waals surface area (Å²) in [7, 11) is 1.69. The molecule has 0 aliphatic heterocycles. The van der Waals surface area contributed by atoms with Gasteiger partial charge in [-0.1, -0.05) is 23.9 Å². The first-order valence-corrected chi connectivity index (χ1v) is 7.47. The Labute approximate surface area is 128 Å². The monoisotopic (exact) mass is 296 g/mol. The van der Waals surface area contributed by atoms with Crippen molar-refractivity contribution in [2.45, 2.75) is 16.7 Å². The third kappa shape index (κ3) is 2.81. The second kappa shape index (κ2) is 5.66. The van der Waals surface area contributed by atoms with E-state index in [0.29, 0.717) is 0 Å². The number of benzene rings is 2. The second-order valence-electron chi connectivity index (χ2n) is 4.79. The van der Waals surface area contributed by atoms with Crippen molar-refractivity contribution < 1.29 is 4.74 Å². The zero-order valence-corrected chi connectivity index (χ0v) is 12.8. The summed E-state index contributed by atoms with van der Waals surface area (Å²) < 4.78 is 5.42. The molecule has 0 saturated heterocycles. The van der Waals surface area contributed by atoms with E-state index in [1.807, 2.05) is 43.3 Å². The number of nitrogens with zero attached hydrogens (tertiary/aromatic N) is 1. The molecule has 0 unspecified atom stereocenters. The van der Waals surface area contributed by atoms with Gasteiger partial charge in [-0.3, -0.25) is 4.98 Å². The highest BCUT2D eigenvalue weighted by molar-refractivity contribution is 7.99. The first kappa shape index (κ1) is 13.8. The maximum Gasteiger partial charge on any atom is 0.132 e. The molecule has 3 nitrogen and oxygen atoms in total. The number of pyridine rings is 1. The van der Waals surface area contributed by atoms with E-state index in [2.05, 4.69) is 17.1 Å². The molecule has 1 aromatic heterocycles. The second-order valence-corrected chi connectivity index (χ2v) is 5.88. The highest BCUT2D eigenvalue weighted by Crippen LogP contribution is 2.38. The van der Waals surface area contributed by atoms with Crippen LogP contribution in [-0.4, -0.2) is 12.1 Å². The van der Waals surface area contributed by atoms with Gasteiger partial charge in [0, 0.05) is 21.7 Å². The van der Waals surface area contributed by atoms with E-state index in [1.165, 1.54) is 0 Å². The van der Waals surface area contributed by atoms with E-state index >= 15 is 0 Å². The van der Waals surface area contributed by atoms with Crippen LogP contribution in [-0.2, 0) is 0 Å². The van der Waals surface area contributed by atoms with Gasteiger partial charge in [0.1, 0.15) is 5.75 Å². The smallest absolute Gasteiger partial charge is 0.132 e. The van der Waals surface area contributed by atoms with Crippen molar-refractivity contribution in [1.82, 2.24) is 4.98 Å². The van der Waals surface area contributed by atoms with Gasteiger partial charge in [-0.25, -0.2) is 0 Å². The predicted octanol–water partition coefficient (Wildman–Crippen LogP) is 4.29. The van der Waals surface area contributed by atoms with Crippen LogP contribution in [0, 0.1) is 6.92 Å². The summed E-state index contributed by atoms with van der Waals surface area (Å²) in [6.07, 6.45) is 0. The van der Waals surface area contributed by atoms with Gasteiger partial charge >= 0.3 is 0 Å². The Balaban J connectivity index is 2.13. The maximum absolute atomic E-state index is 5.92. The Hall–Kier alpha value is -2.20. The summed E-state index contributed by atoms with van der Waals surface area (Å²) in [6.45, 7) is 2.00. The number of fused-ring (bicyclic) bond motifs is 1. The molecule has 0 aliphatic rings. The number of anilines is 1. The predicted molar refractivity (Wildman–Crippen MR) is 88.0 cm³/mol. The molecule has 0 saturated carbocycles. The topological polar surface area (TPSA) is 48.1 Å². The van der Waals surface area contributed by atoms with Crippen molar-refractivity contribution in [3.8, 4) is 5.75 Å². The van der Waals surface area contributed by atoms with E-state index in [1.54, 1.807) is 18.9 Å². The fourth-order valence-corrected chi connectivity index (χ4v) is 3.38. The molecule has 0 aliphatic carbocycles. The van der Waals surface area contributed by atoms with Gasteiger partial charge in [0.2, 0.25) is 0 Å². The number of rotatable bonds is 3. The average Bonchev–Trinajstić information content (AvgIpc) is 2.48. The molecule has 21 heavy (non-hydrogen) atoms. The Kier molecular flexibility index (Phi) is 3.71. The summed E-state index contributed by atoms with van der Waals surface area (Å²) >= 11 is 1.67. The van der Waals surface area contributed by atoms with Gasteiger partial charge < -0.3 is 10.5 Å². The molecule has 0 spiro atoms. The third-order valence-electron chi connectivity index (χ3n) is 3.21. The number of aromatic nitrogens is 1. The Morgan fingerprint density at radius 1 is 1.05 bits per heavy atom. The van der Waals surface area contributed by atoms with Gasteiger partial charge in [0.05, 0.1) is 17.5 Å². The van der Waals surface area contributed by atoms with Crippen molar-refractivity contribution in [3.63, 3.8) is 0 Å². The highest BCUT2D eigenvalue weighted by Gasteiger charge is 2.09. The highest BCUT2D eigenvalue weighted by atomic mass is 32.2. The number of para-hydroxylation sites is 1. The molecule has 3 aromatic rings. The molecule has 106 valence electrons. The lowest BCUT2D eigenvalue weighted by Crippen LogP contribution is -1.91. The third-order valence-corrected chi connectivity index (χ3v) is 4.33. The first-order valence-electron chi connectivity index (χ1n) is 6.65. The van der Waals surface area contributed by atoms with Crippen molar-refractivity contribution in [2.24, 2.45) is 0 Å². The summed E-state index contributed by atoms with van der Waals surface area (Å²) in [5, 5.41) is 1.07. The van der Waals surface area contributed by atoms with Gasteiger partial charge in [-0.15, -0.1) is 0 Å². The SMILES string of the molecule is COc1ccccc1Sc1cc(C)nc2ccc(N)cc12. The van der Waals surface area contributed by atoms with Crippen LogP contribution in [0.2, 0.25) is 0 Å². The molecule has 0 amide bonds. The van der Waals surface area contributed by atoms with E-state index in [-0.39, 0.29) is 0 Å². The maximum atomic E-state index is 5.92. The van der Waals surface area contributed by atoms with Crippen LogP contribution in [0.25, 0.3) is 10.9 Å². The molecule has 0 atom stereocenters. The Morgan fingerprint density at radius 2 is 1.86 bits per heavy atom. The van der Waals surface area contributed by atoms with Gasteiger partial charge in [-0.05, 0) is 43.3 Å². The fraction of sp³-hybridized carbons (Fsp3) is 0.118. The van der Waals surface area contributed by atoms with Gasteiger partial charge in [-0.2, -0.15) is 0 Å². The van der Waals surface area contributed by atoms with Crippen molar-refractivity contribution in [1.29, 1.82) is 0 Å². The molecule has 3 rings (SSSR count).